The number of piperidine rings is 1. The molecule has 2 N–H and O–H groups in total. The number of hydrogen-bond acceptors (Lipinski definition) is 3. The maximum Gasteiger partial charge on any atom is 0.247 e. The number of benzene rings is 1. The number of imidazole rings is 1. The Bertz CT molecular complexity index is 821. The first-order chi connectivity index (χ1) is 11.8. The molecule has 1 aliphatic rings. The van der Waals surface area contributed by atoms with Crippen molar-refractivity contribution in [2.75, 3.05) is 13.1 Å². The summed E-state index contributed by atoms with van der Waals surface area (Å²) < 4.78 is 0. The van der Waals surface area contributed by atoms with Crippen molar-refractivity contribution >= 4 is 11.0 Å². The van der Waals surface area contributed by atoms with Crippen molar-refractivity contribution in [3.8, 4) is 0 Å². The lowest BCUT2D eigenvalue weighted by Crippen LogP contribution is -2.34. The second-order valence-corrected chi connectivity index (χ2v) is 6.69. The predicted octanol–water partition coefficient (Wildman–Crippen LogP) is 2.71. The van der Waals surface area contributed by atoms with Gasteiger partial charge in [-0.25, -0.2) is 4.98 Å². The molecule has 0 aliphatic carbocycles. The van der Waals surface area contributed by atoms with Gasteiger partial charge in [-0.2, -0.15) is 0 Å². The Hall–Kier alpha value is -2.40. The fourth-order valence-corrected chi connectivity index (χ4v) is 3.54. The van der Waals surface area contributed by atoms with Crippen LogP contribution in [-0.4, -0.2) is 32.9 Å². The summed E-state index contributed by atoms with van der Waals surface area (Å²) in [5.74, 6) is 1.75. The Morgan fingerprint density at radius 1 is 1.12 bits per heavy atom. The van der Waals surface area contributed by atoms with E-state index in [4.69, 9.17) is 0 Å². The van der Waals surface area contributed by atoms with Crippen LogP contribution in [0.2, 0.25) is 0 Å². The number of aromatic amines is 2. The van der Waals surface area contributed by atoms with Crippen LogP contribution in [0.5, 0.6) is 0 Å². The van der Waals surface area contributed by atoms with Gasteiger partial charge < -0.3 is 9.97 Å². The molecule has 4 rings (SSSR count). The Labute approximate surface area is 140 Å². The number of para-hydroxylation sites is 2. The first-order valence-corrected chi connectivity index (χ1v) is 8.60. The number of rotatable bonds is 4. The van der Waals surface area contributed by atoms with E-state index >= 15 is 0 Å². The summed E-state index contributed by atoms with van der Waals surface area (Å²) in [5, 5.41) is 0. The van der Waals surface area contributed by atoms with Gasteiger partial charge in [0.1, 0.15) is 5.82 Å². The summed E-state index contributed by atoms with van der Waals surface area (Å²) in [6.45, 7) is 3.09. The summed E-state index contributed by atoms with van der Waals surface area (Å²) in [5.41, 5.74) is 3.35. The summed E-state index contributed by atoms with van der Waals surface area (Å²) in [6.07, 6.45) is 5.29. The molecule has 0 amide bonds. The molecule has 1 saturated heterocycles. The van der Waals surface area contributed by atoms with E-state index < -0.39 is 0 Å². The van der Waals surface area contributed by atoms with Crippen LogP contribution in [0.25, 0.3) is 11.0 Å². The average molecular weight is 322 g/mol. The van der Waals surface area contributed by atoms with Crippen molar-refractivity contribution in [1.82, 2.24) is 19.9 Å². The van der Waals surface area contributed by atoms with E-state index in [0.717, 1.165) is 42.9 Å². The molecular formula is C19H22N4O. The normalized spacial score (nSPS) is 16.7. The Morgan fingerprint density at radius 3 is 2.71 bits per heavy atom. The average Bonchev–Trinajstić information content (AvgIpc) is 3.01. The molecular weight excluding hydrogens is 300 g/mol. The number of hydrogen-bond donors (Lipinski definition) is 2. The van der Waals surface area contributed by atoms with Crippen LogP contribution in [0.15, 0.2) is 47.4 Å². The smallest absolute Gasteiger partial charge is 0.247 e. The van der Waals surface area contributed by atoms with E-state index in [1.165, 1.54) is 18.4 Å². The Balaban J connectivity index is 1.32. The van der Waals surface area contributed by atoms with E-state index in [1.807, 2.05) is 30.5 Å². The van der Waals surface area contributed by atoms with Crippen LogP contribution in [0.4, 0.5) is 0 Å². The molecule has 1 aliphatic heterocycles. The van der Waals surface area contributed by atoms with Gasteiger partial charge in [0.15, 0.2) is 0 Å². The molecule has 3 aromatic rings. The fraction of sp³-hybridized carbons (Fsp3) is 0.368. The number of H-pyrrole nitrogens is 2. The number of nitrogens with zero attached hydrogens (tertiary/aromatic N) is 2. The van der Waals surface area contributed by atoms with Gasteiger partial charge in [0.05, 0.1) is 17.6 Å². The highest BCUT2D eigenvalue weighted by molar-refractivity contribution is 5.74. The molecule has 5 heteroatoms. The molecule has 2 aromatic heterocycles. The van der Waals surface area contributed by atoms with Gasteiger partial charge in [0.25, 0.3) is 0 Å². The molecule has 124 valence electrons. The van der Waals surface area contributed by atoms with Crippen molar-refractivity contribution < 1.29 is 0 Å². The molecule has 0 radical (unpaired) electrons. The molecule has 1 fully saturated rings. The topological polar surface area (TPSA) is 64.8 Å². The minimum atomic E-state index is -0.0283. The van der Waals surface area contributed by atoms with Gasteiger partial charge in [0.2, 0.25) is 5.56 Å². The SMILES string of the molecule is O=c1ccc(CC2CCN(Cc3nc4ccccc4[nH]3)CC2)c[nH]1. The van der Waals surface area contributed by atoms with Crippen molar-refractivity contribution in [3.63, 3.8) is 0 Å². The molecule has 5 nitrogen and oxygen atoms in total. The number of aromatic nitrogens is 3. The third-order valence-corrected chi connectivity index (χ3v) is 4.89. The molecule has 3 heterocycles. The van der Waals surface area contributed by atoms with Gasteiger partial charge in [-0.3, -0.25) is 9.69 Å². The van der Waals surface area contributed by atoms with Crippen LogP contribution in [0.3, 0.4) is 0 Å². The quantitative estimate of drug-likeness (QED) is 0.776. The Morgan fingerprint density at radius 2 is 1.96 bits per heavy atom. The molecule has 0 bridgehead atoms. The summed E-state index contributed by atoms with van der Waals surface area (Å²) >= 11 is 0. The monoisotopic (exact) mass is 322 g/mol. The van der Waals surface area contributed by atoms with E-state index in [1.54, 1.807) is 6.07 Å². The second-order valence-electron chi connectivity index (χ2n) is 6.69. The lowest BCUT2D eigenvalue weighted by molar-refractivity contribution is 0.174. The van der Waals surface area contributed by atoms with Crippen molar-refractivity contribution in [2.45, 2.75) is 25.8 Å². The molecule has 0 spiro atoms. The number of likely N-dealkylation sites (tertiary alicyclic amines) is 1. The summed E-state index contributed by atoms with van der Waals surface area (Å²) in [6, 6.07) is 11.7. The van der Waals surface area contributed by atoms with E-state index in [-0.39, 0.29) is 5.56 Å². The highest BCUT2D eigenvalue weighted by Crippen LogP contribution is 2.22. The van der Waals surface area contributed by atoms with Gasteiger partial charge in [-0.15, -0.1) is 0 Å². The van der Waals surface area contributed by atoms with E-state index in [9.17, 15) is 4.79 Å². The van der Waals surface area contributed by atoms with Crippen LogP contribution in [0, 0.1) is 5.92 Å². The van der Waals surface area contributed by atoms with Gasteiger partial charge in [-0.1, -0.05) is 18.2 Å². The first-order valence-electron chi connectivity index (χ1n) is 8.60. The first kappa shape index (κ1) is 15.1. The largest absolute Gasteiger partial charge is 0.341 e. The number of fused-ring (bicyclic) bond motifs is 1. The Kier molecular flexibility index (Phi) is 4.17. The standard InChI is InChI=1S/C19H22N4O/c24-19-6-5-15(12-20-19)11-14-7-9-23(10-8-14)13-18-21-16-3-1-2-4-17(16)22-18/h1-6,12,14H,7-11,13H2,(H,20,24)(H,21,22). The molecule has 1 aromatic carbocycles. The molecule has 0 atom stereocenters. The summed E-state index contributed by atoms with van der Waals surface area (Å²) in [4.78, 5) is 24.4. The van der Waals surface area contributed by atoms with Crippen LogP contribution < -0.4 is 5.56 Å². The maximum absolute atomic E-state index is 11.1. The summed E-state index contributed by atoms with van der Waals surface area (Å²) in [7, 11) is 0. The third-order valence-electron chi connectivity index (χ3n) is 4.89. The van der Waals surface area contributed by atoms with Crippen LogP contribution in [0.1, 0.15) is 24.2 Å². The van der Waals surface area contributed by atoms with Crippen LogP contribution in [-0.2, 0) is 13.0 Å². The second kappa shape index (κ2) is 6.61. The molecule has 0 saturated carbocycles. The highest BCUT2D eigenvalue weighted by atomic mass is 16.1. The maximum atomic E-state index is 11.1. The minimum absolute atomic E-state index is 0.0283. The minimum Gasteiger partial charge on any atom is -0.341 e. The highest BCUT2D eigenvalue weighted by Gasteiger charge is 2.20. The number of pyridine rings is 1. The van der Waals surface area contributed by atoms with Gasteiger partial charge >= 0.3 is 0 Å². The zero-order valence-electron chi connectivity index (χ0n) is 13.7. The van der Waals surface area contributed by atoms with E-state index in [0.29, 0.717) is 5.92 Å². The lowest BCUT2D eigenvalue weighted by atomic mass is 9.91. The lowest BCUT2D eigenvalue weighted by Gasteiger charge is -2.31. The van der Waals surface area contributed by atoms with Gasteiger partial charge in [0, 0.05) is 12.3 Å². The van der Waals surface area contributed by atoms with Crippen molar-refractivity contribution in [3.05, 3.63) is 64.3 Å². The van der Waals surface area contributed by atoms with Crippen molar-refractivity contribution in [1.29, 1.82) is 0 Å². The van der Waals surface area contributed by atoms with Crippen LogP contribution >= 0.6 is 0 Å². The predicted molar refractivity (Wildman–Crippen MR) is 94.9 cm³/mol. The fourth-order valence-electron chi connectivity index (χ4n) is 3.54. The zero-order chi connectivity index (χ0) is 16.4. The number of nitrogens with one attached hydrogen (secondary N) is 2. The van der Waals surface area contributed by atoms with E-state index in [2.05, 4.69) is 25.9 Å². The third kappa shape index (κ3) is 3.41. The molecule has 0 unspecified atom stereocenters. The van der Waals surface area contributed by atoms with Crippen molar-refractivity contribution in [2.24, 2.45) is 5.92 Å². The zero-order valence-corrected chi connectivity index (χ0v) is 13.7. The molecule has 24 heavy (non-hydrogen) atoms. The van der Waals surface area contributed by atoms with Gasteiger partial charge in [-0.05, 0) is 56.0 Å².